The topological polar surface area (TPSA) is 69.5 Å². The zero-order valence-electron chi connectivity index (χ0n) is 12.8. The lowest BCUT2D eigenvalue weighted by atomic mass is 10.1. The summed E-state index contributed by atoms with van der Waals surface area (Å²) in [6.07, 6.45) is 1.07. The number of guanidine groups is 1. The predicted octanol–water partition coefficient (Wildman–Crippen LogP) is 4.01. The number of phenols is 1. The van der Waals surface area contributed by atoms with Crippen molar-refractivity contribution in [1.82, 2.24) is 10.3 Å². The summed E-state index contributed by atoms with van der Waals surface area (Å²) in [6.45, 7) is 1.79. The van der Waals surface area contributed by atoms with Gasteiger partial charge in [-0.15, -0.1) is 22.7 Å². The molecule has 0 fully saturated rings. The molecule has 0 radical (unpaired) electrons. The fraction of sp³-hybridized carbons (Fsp3) is 0.176. The van der Waals surface area contributed by atoms with E-state index in [1.54, 1.807) is 28.7 Å². The van der Waals surface area contributed by atoms with Crippen LogP contribution in [0.1, 0.15) is 6.42 Å². The van der Waals surface area contributed by atoms with Gasteiger partial charge in [0.2, 0.25) is 0 Å². The Bertz CT molecular complexity index is 884. The van der Waals surface area contributed by atoms with Crippen LogP contribution in [0.25, 0.3) is 21.7 Å². The van der Waals surface area contributed by atoms with E-state index in [2.05, 4.69) is 32.1 Å². The van der Waals surface area contributed by atoms with Crippen molar-refractivity contribution in [2.24, 2.45) is 4.99 Å². The lowest BCUT2D eigenvalue weighted by Gasteiger charge is -2.14. The van der Waals surface area contributed by atoms with Crippen molar-refractivity contribution in [3.63, 3.8) is 0 Å². The third-order valence-corrected chi connectivity index (χ3v) is 5.41. The predicted molar refractivity (Wildman–Crippen MR) is 101 cm³/mol. The molecule has 3 aromatic rings. The van der Waals surface area contributed by atoms with Crippen molar-refractivity contribution >= 4 is 33.8 Å². The number of aromatic nitrogens is 1. The molecule has 122 valence electrons. The minimum Gasteiger partial charge on any atom is -0.507 e. The number of aliphatic imine (C=N–C) groups is 1. The van der Waals surface area contributed by atoms with Gasteiger partial charge in [-0.05, 0) is 24.6 Å². The van der Waals surface area contributed by atoms with Crippen LogP contribution < -0.4 is 10.6 Å². The van der Waals surface area contributed by atoms with Gasteiger partial charge in [0.25, 0.3) is 0 Å². The largest absolute Gasteiger partial charge is 0.507 e. The second-order valence-electron chi connectivity index (χ2n) is 5.39. The monoisotopic (exact) mass is 356 g/mol. The highest BCUT2D eigenvalue weighted by molar-refractivity contribution is 7.15. The summed E-state index contributed by atoms with van der Waals surface area (Å²) in [5.74, 6) is 1.09. The minimum absolute atomic E-state index is 0.299. The average Bonchev–Trinajstić information content (AvgIpc) is 3.25. The molecule has 3 N–H and O–H groups in total. The van der Waals surface area contributed by atoms with E-state index in [0.717, 1.165) is 52.3 Å². The number of hydrogen-bond acceptors (Lipinski definition) is 7. The van der Waals surface area contributed by atoms with Crippen LogP contribution in [0, 0.1) is 0 Å². The highest BCUT2D eigenvalue weighted by Gasteiger charge is 2.12. The van der Waals surface area contributed by atoms with Gasteiger partial charge in [0.1, 0.15) is 5.75 Å². The molecule has 0 spiro atoms. The van der Waals surface area contributed by atoms with Crippen LogP contribution in [0.4, 0.5) is 5.13 Å². The summed E-state index contributed by atoms with van der Waals surface area (Å²) in [6, 6.07) is 9.45. The Hall–Kier alpha value is -2.38. The van der Waals surface area contributed by atoms with E-state index in [1.807, 2.05) is 23.6 Å². The number of thiazole rings is 1. The van der Waals surface area contributed by atoms with Crippen LogP contribution in [0.15, 0.2) is 46.1 Å². The molecule has 5 nitrogen and oxygen atoms in total. The van der Waals surface area contributed by atoms with E-state index in [9.17, 15) is 5.11 Å². The number of phenolic OH excluding ortho intramolecular Hbond substituents is 1. The van der Waals surface area contributed by atoms with Gasteiger partial charge in [0.05, 0.1) is 5.69 Å². The van der Waals surface area contributed by atoms with E-state index in [0.29, 0.717) is 5.75 Å². The van der Waals surface area contributed by atoms with Crippen LogP contribution in [0.2, 0.25) is 0 Å². The number of anilines is 1. The standard InChI is InChI=1S/C17H16N4OS2/c22-14-5-2-1-4-12(14)15-8-11(9-23-15)13-10-24-17(20-13)21-16-18-6-3-7-19-16/h1-2,4-5,8-10,22H,3,6-7H2,(H2,18,19,20,21). The highest BCUT2D eigenvalue weighted by Crippen LogP contribution is 2.37. The number of rotatable bonds is 3. The lowest BCUT2D eigenvalue weighted by molar-refractivity contribution is 0.477. The molecule has 1 aliphatic heterocycles. The number of nitrogens with one attached hydrogen (secondary N) is 2. The molecule has 7 heteroatoms. The third kappa shape index (κ3) is 3.13. The van der Waals surface area contributed by atoms with E-state index < -0.39 is 0 Å². The Morgan fingerprint density at radius 1 is 1.17 bits per heavy atom. The molecule has 0 aliphatic carbocycles. The van der Waals surface area contributed by atoms with E-state index in [-0.39, 0.29) is 0 Å². The third-order valence-electron chi connectivity index (χ3n) is 3.69. The fourth-order valence-electron chi connectivity index (χ4n) is 2.48. The first-order valence-corrected chi connectivity index (χ1v) is 9.44. The molecule has 0 saturated heterocycles. The van der Waals surface area contributed by atoms with Gasteiger partial charge in [-0.1, -0.05) is 12.1 Å². The fourth-order valence-corrected chi connectivity index (χ4v) is 4.13. The summed E-state index contributed by atoms with van der Waals surface area (Å²) in [4.78, 5) is 10.1. The smallest absolute Gasteiger partial charge is 0.197 e. The number of thiophene rings is 1. The van der Waals surface area contributed by atoms with Crippen molar-refractivity contribution in [2.45, 2.75) is 6.42 Å². The Morgan fingerprint density at radius 2 is 2.08 bits per heavy atom. The molecule has 1 aromatic carbocycles. The maximum atomic E-state index is 9.99. The molecule has 0 bridgehead atoms. The first-order chi connectivity index (χ1) is 11.8. The molecular weight excluding hydrogens is 340 g/mol. The normalized spacial score (nSPS) is 14.1. The average molecular weight is 356 g/mol. The number of benzene rings is 1. The Balaban J connectivity index is 1.55. The quantitative estimate of drug-likeness (QED) is 0.663. The number of hydrogen-bond donors (Lipinski definition) is 3. The summed E-state index contributed by atoms with van der Waals surface area (Å²) >= 11 is 3.16. The Morgan fingerprint density at radius 3 is 2.92 bits per heavy atom. The maximum absolute atomic E-state index is 9.99. The van der Waals surface area contributed by atoms with Crippen molar-refractivity contribution in [3.05, 3.63) is 41.1 Å². The number of aromatic hydroxyl groups is 1. The van der Waals surface area contributed by atoms with E-state index >= 15 is 0 Å². The van der Waals surface area contributed by atoms with E-state index in [4.69, 9.17) is 0 Å². The van der Waals surface area contributed by atoms with Gasteiger partial charge in [0.15, 0.2) is 11.1 Å². The highest BCUT2D eigenvalue weighted by atomic mass is 32.1. The Labute approximate surface area is 147 Å². The SMILES string of the molecule is Oc1ccccc1-c1cc(-c2csc(NC3=NCCCN3)n2)cs1. The van der Waals surface area contributed by atoms with Crippen LogP contribution in [0.5, 0.6) is 5.75 Å². The second kappa shape index (κ2) is 6.62. The summed E-state index contributed by atoms with van der Waals surface area (Å²) in [7, 11) is 0. The molecule has 0 amide bonds. The molecule has 3 heterocycles. The van der Waals surface area contributed by atoms with Crippen molar-refractivity contribution in [3.8, 4) is 27.4 Å². The van der Waals surface area contributed by atoms with Gasteiger partial charge in [-0.3, -0.25) is 4.99 Å². The molecule has 0 unspecified atom stereocenters. The maximum Gasteiger partial charge on any atom is 0.197 e. The summed E-state index contributed by atoms with van der Waals surface area (Å²) < 4.78 is 0. The van der Waals surface area contributed by atoms with Gasteiger partial charge < -0.3 is 15.7 Å². The first kappa shape index (κ1) is 15.2. The number of nitrogens with zero attached hydrogens (tertiary/aromatic N) is 2. The van der Waals surface area contributed by atoms with Crippen LogP contribution in [-0.2, 0) is 0 Å². The molecule has 0 atom stereocenters. The first-order valence-electron chi connectivity index (χ1n) is 7.68. The molecule has 4 rings (SSSR count). The van der Waals surface area contributed by atoms with Gasteiger partial charge in [-0.2, -0.15) is 0 Å². The Kier molecular flexibility index (Phi) is 4.18. The number of para-hydroxylation sites is 1. The van der Waals surface area contributed by atoms with Crippen molar-refractivity contribution in [2.75, 3.05) is 18.4 Å². The zero-order valence-corrected chi connectivity index (χ0v) is 14.5. The summed E-state index contributed by atoms with van der Waals surface area (Å²) in [5.41, 5.74) is 2.83. The summed E-state index contributed by atoms with van der Waals surface area (Å²) in [5, 5.41) is 21.4. The van der Waals surface area contributed by atoms with Crippen LogP contribution in [-0.4, -0.2) is 29.1 Å². The lowest BCUT2D eigenvalue weighted by Crippen LogP contribution is -2.35. The van der Waals surface area contributed by atoms with Crippen molar-refractivity contribution < 1.29 is 5.11 Å². The van der Waals surface area contributed by atoms with Crippen LogP contribution in [0.3, 0.4) is 0 Å². The second-order valence-corrected chi connectivity index (χ2v) is 7.16. The molecule has 2 aromatic heterocycles. The molecular formula is C17H16N4OS2. The minimum atomic E-state index is 0.299. The van der Waals surface area contributed by atoms with Crippen molar-refractivity contribution in [1.29, 1.82) is 0 Å². The zero-order chi connectivity index (χ0) is 16.4. The van der Waals surface area contributed by atoms with Gasteiger partial charge >= 0.3 is 0 Å². The molecule has 1 aliphatic rings. The molecule has 24 heavy (non-hydrogen) atoms. The van der Waals surface area contributed by atoms with E-state index in [1.165, 1.54) is 0 Å². The van der Waals surface area contributed by atoms with Gasteiger partial charge in [0, 0.05) is 39.9 Å². The molecule has 0 saturated carbocycles. The van der Waals surface area contributed by atoms with Crippen LogP contribution >= 0.6 is 22.7 Å². The van der Waals surface area contributed by atoms with Gasteiger partial charge in [-0.25, -0.2) is 4.98 Å².